The first-order valence-electron chi connectivity index (χ1n) is 19.9. The fraction of sp³-hybridized carbons (Fsp3) is 0.333. The summed E-state index contributed by atoms with van der Waals surface area (Å²) in [5, 5.41) is 11.5. The highest BCUT2D eigenvalue weighted by Crippen LogP contribution is 2.52. The molecule has 2 aliphatic carbocycles. The second kappa shape index (κ2) is 14.9. The van der Waals surface area contributed by atoms with E-state index in [4.69, 9.17) is 18.5 Å². The number of hydrogen-bond acceptors (Lipinski definition) is 10. The lowest BCUT2D eigenvalue weighted by Gasteiger charge is -2.32. The average Bonchev–Trinajstić information content (AvgIpc) is 4.05. The molecule has 2 bridgehead atoms. The minimum atomic E-state index is -0.816. The van der Waals surface area contributed by atoms with E-state index in [-0.39, 0.29) is 73.2 Å². The van der Waals surface area contributed by atoms with Crippen molar-refractivity contribution >= 4 is 30.3 Å². The van der Waals surface area contributed by atoms with Crippen LogP contribution in [0.3, 0.4) is 0 Å². The van der Waals surface area contributed by atoms with Crippen LogP contribution in [0.15, 0.2) is 113 Å². The number of amides is 3. The van der Waals surface area contributed by atoms with Gasteiger partial charge in [-0.25, -0.2) is 4.68 Å². The predicted molar refractivity (Wildman–Crippen MR) is 217 cm³/mol. The van der Waals surface area contributed by atoms with E-state index < -0.39 is 29.7 Å². The van der Waals surface area contributed by atoms with Crippen molar-refractivity contribution in [2.24, 2.45) is 23.7 Å². The Morgan fingerprint density at radius 3 is 2.19 bits per heavy atom. The summed E-state index contributed by atoms with van der Waals surface area (Å²) in [6.07, 6.45) is 7.92. The number of carbonyl (C=O) groups is 3. The zero-order valence-corrected chi connectivity index (χ0v) is 33.3. The van der Waals surface area contributed by atoms with Gasteiger partial charge in [0.05, 0.1) is 48.6 Å². The summed E-state index contributed by atoms with van der Waals surface area (Å²) in [5.41, 5.74) is 3.76. The second-order valence-electron chi connectivity index (χ2n) is 16.7. The third-order valence-corrected chi connectivity index (χ3v) is 12.5. The van der Waals surface area contributed by atoms with Crippen LogP contribution in [0, 0.1) is 23.7 Å². The molecule has 3 aromatic carbocycles. The monoisotopic (exact) mass is 793 g/mol. The van der Waals surface area contributed by atoms with Crippen LogP contribution in [-0.2, 0) is 45.1 Å². The molecule has 2 aromatic heterocycles. The number of nitrogens with zero attached hydrogens (tertiary/aromatic N) is 4. The maximum atomic E-state index is 13.5. The van der Waals surface area contributed by atoms with Crippen molar-refractivity contribution in [3.05, 3.63) is 142 Å². The number of carbonyl (C=O) groups excluding carboxylic acids is 3. The smallest absolute Gasteiger partial charge is 0.481 e. The van der Waals surface area contributed by atoms with Crippen molar-refractivity contribution in [1.82, 2.24) is 25.2 Å². The van der Waals surface area contributed by atoms with Crippen LogP contribution in [0.4, 0.5) is 0 Å². The molecule has 9 rings (SSSR count). The van der Waals surface area contributed by atoms with Gasteiger partial charge in [-0.3, -0.25) is 24.1 Å². The molecule has 4 heterocycles. The number of ether oxygens (including phenoxy) is 1. The molecule has 1 saturated carbocycles. The predicted octanol–water partition coefficient (Wildman–Crippen LogP) is 5.06. The number of rotatable bonds is 12. The molecular weight excluding hydrogens is 749 g/mol. The molecular formula is C45H44BN5O8. The number of nitrogens with one attached hydrogen (secondary N) is 1. The van der Waals surface area contributed by atoms with Gasteiger partial charge in [0.1, 0.15) is 12.3 Å². The summed E-state index contributed by atoms with van der Waals surface area (Å²) in [6.45, 7) is 8.23. The Hall–Kier alpha value is -6.12. The van der Waals surface area contributed by atoms with Gasteiger partial charge in [-0.15, -0.1) is 5.10 Å². The van der Waals surface area contributed by atoms with Crippen molar-refractivity contribution in [2.45, 2.75) is 71.6 Å². The summed E-state index contributed by atoms with van der Waals surface area (Å²) in [6, 6.07) is 24.7. The molecule has 4 atom stereocenters. The minimum absolute atomic E-state index is 0.0537. The van der Waals surface area contributed by atoms with Crippen LogP contribution in [-0.4, -0.2) is 55.9 Å². The van der Waals surface area contributed by atoms with E-state index in [2.05, 4.69) is 27.8 Å². The number of benzene rings is 3. The van der Waals surface area contributed by atoms with Crippen molar-refractivity contribution in [3.8, 4) is 16.9 Å². The molecule has 1 N–H and O–H groups in total. The number of imide groups is 1. The van der Waals surface area contributed by atoms with Gasteiger partial charge in [-0.05, 0) is 79.2 Å². The topological polar surface area (TPSA) is 155 Å². The largest absolute Gasteiger partial charge is 0.495 e. The highest BCUT2D eigenvalue weighted by molar-refractivity contribution is 6.63. The van der Waals surface area contributed by atoms with Gasteiger partial charge in [-0.2, -0.15) is 0 Å². The number of allylic oxidation sites excluding steroid dienone is 2. The third kappa shape index (κ3) is 7.10. The minimum Gasteiger partial charge on any atom is -0.481 e. The molecule has 300 valence electrons. The molecule has 0 radical (unpaired) electrons. The Morgan fingerprint density at radius 1 is 0.831 bits per heavy atom. The first kappa shape index (κ1) is 38.4. The van der Waals surface area contributed by atoms with Gasteiger partial charge in [0.25, 0.3) is 5.91 Å². The fourth-order valence-corrected chi connectivity index (χ4v) is 8.69. The first-order chi connectivity index (χ1) is 28.4. The van der Waals surface area contributed by atoms with E-state index >= 15 is 0 Å². The lowest BCUT2D eigenvalue weighted by Crippen LogP contribution is -2.41. The van der Waals surface area contributed by atoms with Crippen LogP contribution in [0.2, 0.25) is 0 Å². The second-order valence-corrected chi connectivity index (χ2v) is 16.7. The van der Waals surface area contributed by atoms with Crippen LogP contribution < -0.4 is 20.9 Å². The molecule has 3 fully saturated rings. The Morgan fingerprint density at radius 2 is 1.49 bits per heavy atom. The van der Waals surface area contributed by atoms with Crippen LogP contribution in [0.5, 0.6) is 5.75 Å². The zero-order valence-electron chi connectivity index (χ0n) is 33.3. The van der Waals surface area contributed by atoms with Gasteiger partial charge in [-0.1, -0.05) is 90.2 Å². The van der Waals surface area contributed by atoms with Crippen molar-refractivity contribution < 1.29 is 32.8 Å². The van der Waals surface area contributed by atoms with Crippen molar-refractivity contribution in [2.75, 3.05) is 0 Å². The van der Waals surface area contributed by atoms with E-state index in [0.717, 1.165) is 28.7 Å². The number of fused-ring (bicyclic) bond motifs is 5. The van der Waals surface area contributed by atoms with Crippen molar-refractivity contribution in [3.63, 3.8) is 0 Å². The van der Waals surface area contributed by atoms with Gasteiger partial charge < -0.3 is 23.8 Å². The SMILES string of the molecule is CC1(C)OB(c2c(COc3c(C(=O)NCc4ccc(-c5ccccc5)cc4)occc3=O)cccc2Cn2cc(CN3C(=O)C4C5C=CC(C5)C4C3=O)nn2)OC1(C)C. The number of likely N-dealkylation sites (tertiary alicyclic amines) is 1. The molecule has 2 saturated heterocycles. The van der Waals surface area contributed by atoms with Crippen molar-refractivity contribution in [1.29, 1.82) is 0 Å². The first-order valence-corrected chi connectivity index (χ1v) is 19.9. The molecule has 4 unspecified atom stereocenters. The maximum absolute atomic E-state index is 13.5. The summed E-state index contributed by atoms with van der Waals surface area (Å²) in [7, 11) is -0.816. The molecule has 59 heavy (non-hydrogen) atoms. The van der Waals surface area contributed by atoms with E-state index in [1.165, 1.54) is 17.2 Å². The van der Waals surface area contributed by atoms with E-state index in [1.54, 1.807) is 10.9 Å². The number of hydrogen-bond donors (Lipinski definition) is 1. The third-order valence-electron chi connectivity index (χ3n) is 12.5. The van der Waals surface area contributed by atoms with E-state index in [9.17, 15) is 19.2 Å². The number of aromatic nitrogens is 3. The standard InChI is InChI=1S/C45H44BN5O8/c1-44(2)45(3,4)59-46(58-44)38-32(23-50-24-34(48-49-50)25-51-42(54)36-30-17-18-31(21-30)37(36)43(51)55)11-8-12-33(38)26-57-39-35(52)19-20-56-40(39)41(53)47-22-27-13-15-29(16-14-27)28-9-6-5-7-10-28/h5-20,24,30-31,36-37H,21-23,25-26H2,1-4H3,(H,47,53). The average molecular weight is 794 g/mol. The van der Waals surface area contributed by atoms with Gasteiger partial charge in [0, 0.05) is 12.6 Å². The van der Waals surface area contributed by atoms with Crippen LogP contribution in [0.25, 0.3) is 11.1 Å². The van der Waals surface area contributed by atoms with Crippen LogP contribution >= 0.6 is 0 Å². The zero-order chi connectivity index (χ0) is 41.1. The summed E-state index contributed by atoms with van der Waals surface area (Å²) >= 11 is 0. The maximum Gasteiger partial charge on any atom is 0.495 e. The Labute approximate surface area is 341 Å². The van der Waals surface area contributed by atoms with Gasteiger partial charge in [0.2, 0.25) is 28.8 Å². The highest BCUT2D eigenvalue weighted by Gasteiger charge is 2.59. The summed E-state index contributed by atoms with van der Waals surface area (Å²) in [4.78, 5) is 54.7. The molecule has 3 amide bonds. The van der Waals surface area contributed by atoms with Gasteiger partial charge in [0.15, 0.2) is 0 Å². The van der Waals surface area contributed by atoms with Gasteiger partial charge >= 0.3 is 7.12 Å². The fourth-order valence-electron chi connectivity index (χ4n) is 8.69. The Bertz CT molecular complexity index is 2480. The van der Waals surface area contributed by atoms with E-state index in [1.807, 2.05) is 100 Å². The van der Waals surface area contributed by atoms with E-state index in [0.29, 0.717) is 16.7 Å². The molecule has 0 spiro atoms. The molecule has 13 nitrogen and oxygen atoms in total. The lowest BCUT2D eigenvalue weighted by atomic mass is 9.73. The quantitative estimate of drug-likeness (QED) is 0.103. The highest BCUT2D eigenvalue weighted by atomic mass is 16.7. The molecule has 2 aliphatic heterocycles. The van der Waals surface area contributed by atoms with Crippen LogP contribution in [0.1, 0.15) is 67.1 Å². The molecule has 4 aliphatic rings. The molecule has 5 aromatic rings. The summed E-state index contributed by atoms with van der Waals surface area (Å²) in [5.74, 6) is -1.65. The normalized spacial score (nSPS) is 22.3. The Balaban J connectivity index is 0.931. The lowest BCUT2D eigenvalue weighted by molar-refractivity contribution is -0.141. The Kier molecular flexibility index (Phi) is 9.71. The summed E-state index contributed by atoms with van der Waals surface area (Å²) < 4.78 is 26.5. The molecule has 14 heteroatoms.